The van der Waals surface area contributed by atoms with Gasteiger partial charge in [0.15, 0.2) is 0 Å². The normalized spacial score (nSPS) is 11.8. The van der Waals surface area contributed by atoms with Crippen LogP contribution in [0, 0.1) is 6.92 Å². The summed E-state index contributed by atoms with van der Waals surface area (Å²) in [7, 11) is 0. The lowest BCUT2D eigenvalue weighted by atomic mass is 10.0. The molecule has 0 aliphatic heterocycles. The summed E-state index contributed by atoms with van der Waals surface area (Å²) in [6.45, 7) is 6.18. The van der Waals surface area contributed by atoms with Gasteiger partial charge in [-0.05, 0) is 43.5 Å². The molecular weight excluding hydrogens is 168 g/mol. The van der Waals surface area contributed by atoms with Crippen LogP contribution in [0.4, 0.5) is 0 Å². The van der Waals surface area contributed by atoms with E-state index in [1.165, 1.54) is 11.1 Å². The molecule has 0 unspecified atom stereocenters. The summed E-state index contributed by atoms with van der Waals surface area (Å²) < 4.78 is 0. The average Bonchev–Trinajstić information content (AvgIpc) is 2.08. The number of hydrogen-bond donors (Lipinski definition) is 0. The highest BCUT2D eigenvalue weighted by Gasteiger charge is 2.01. The molecule has 12 heavy (non-hydrogen) atoms. The second-order valence-electron chi connectivity index (χ2n) is 2.88. The summed E-state index contributed by atoms with van der Waals surface area (Å²) in [4.78, 5) is 0. The van der Waals surface area contributed by atoms with Crippen LogP contribution in [0.5, 0.6) is 0 Å². The van der Waals surface area contributed by atoms with E-state index >= 15 is 0 Å². The lowest BCUT2D eigenvalue weighted by Gasteiger charge is -2.06. The SMILES string of the molecule is C/C=C(/C)c1cccc(Cl)c1C. The van der Waals surface area contributed by atoms with Gasteiger partial charge in [0.2, 0.25) is 0 Å². The van der Waals surface area contributed by atoms with Gasteiger partial charge in [0.1, 0.15) is 0 Å². The Morgan fingerprint density at radius 3 is 2.67 bits per heavy atom. The molecular formula is C11H13Cl. The monoisotopic (exact) mass is 180 g/mol. The van der Waals surface area contributed by atoms with Crippen molar-refractivity contribution in [1.29, 1.82) is 0 Å². The first-order valence-electron chi connectivity index (χ1n) is 4.05. The molecule has 1 heteroatoms. The van der Waals surface area contributed by atoms with Crippen LogP contribution < -0.4 is 0 Å². The van der Waals surface area contributed by atoms with E-state index in [-0.39, 0.29) is 0 Å². The molecule has 1 aromatic rings. The van der Waals surface area contributed by atoms with E-state index in [0.29, 0.717) is 0 Å². The summed E-state index contributed by atoms with van der Waals surface area (Å²) in [6.07, 6.45) is 2.10. The van der Waals surface area contributed by atoms with Gasteiger partial charge in [0, 0.05) is 5.02 Å². The number of halogens is 1. The Balaban J connectivity index is 3.26. The largest absolute Gasteiger partial charge is 0.0841 e. The predicted molar refractivity (Wildman–Crippen MR) is 55.5 cm³/mol. The van der Waals surface area contributed by atoms with Crippen molar-refractivity contribution < 1.29 is 0 Å². The molecule has 1 aromatic carbocycles. The molecule has 0 saturated carbocycles. The number of allylic oxidation sites excluding steroid dienone is 2. The maximum atomic E-state index is 5.99. The van der Waals surface area contributed by atoms with Crippen LogP contribution in [0.25, 0.3) is 5.57 Å². The quantitative estimate of drug-likeness (QED) is 0.611. The first-order valence-corrected chi connectivity index (χ1v) is 4.43. The summed E-state index contributed by atoms with van der Waals surface area (Å²) in [5.74, 6) is 0. The minimum atomic E-state index is 0.841. The number of benzene rings is 1. The van der Waals surface area contributed by atoms with Crippen LogP contribution in [0.3, 0.4) is 0 Å². The van der Waals surface area contributed by atoms with Gasteiger partial charge in [-0.25, -0.2) is 0 Å². The lowest BCUT2D eigenvalue weighted by molar-refractivity contribution is 1.40. The van der Waals surface area contributed by atoms with Crippen LogP contribution in [0.1, 0.15) is 25.0 Å². The number of hydrogen-bond acceptors (Lipinski definition) is 0. The molecule has 0 atom stereocenters. The summed E-state index contributed by atoms with van der Waals surface area (Å²) in [5.41, 5.74) is 3.68. The molecule has 0 aliphatic carbocycles. The van der Waals surface area contributed by atoms with E-state index in [4.69, 9.17) is 11.6 Å². The fraction of sp³-hybridized carbons (Fsp3) is 0.273. The van der Waals surface area contributed by atoms with Crippen molar-refractivity contribution in [2.75, 3.05) is 0 Å². The second kappa shape index (κ2) is 3.77. The maximum Gasteiger partial charge on any atom is 0.0441 e. The smallest absolute Gasteiger partial charge is 0.0441 e. The third-order valence-corrected chi connectivity index (χ3v) is 2.54. The summed E-state index contributed by atoms with van der Waals surface area (Å²) >= 11 is 5.99. The molecule has 0 nitrogen and oxygen atoms in total. The van der Waals surface area contributed by atoms with Crippen molar-refractivity contribution in [2.24, 2.45) is 0 Å². The van der Waals surface area contributed by atoms with Crippen molar-refractivity contribution >= 4 is 17.2 Å². The second-order valence-corrected chi connectivity index (χ2v) is 3.29. The topological polar surface area (TPSA) is 0 Å². The van der Waals surface area contributed by atoms with E-state index in [9.17, 15) is 0 Å². The van der Waals surface area contributed by atoms with E-state index < -0.39 is 0 Å². The highest BCUT2D eigenvalue weighted by Crippen LogP contribution is 2.24. The molecule has 1 rings (SSSR count). The predicted octanol–water partition coefficient (Wildman–Crippen LogP) is 4.07. The van der Waals surface area contributed by atoms with Gasteiger partial charge in [0.25, 0.3) is 0 Å². The van der Waals surface area contributed by atoms with Crippen molar-refractivity contribution in [1.82, 2.24) is 0 Å². The van der Waals surface area contributed by atoms with Gasteiger partial charge in [-0.3, -0.25) is 0 Å². The zero-order chi connectivity index (χ0) is 9.14. The van der Waals surface area contributed by atoms with Gasteiger partial charge >= 0.3 is 0 Å². The molecule has 64 valence electrons. The Morgan fingerprint density at radius 2 is 2.08 bits per heavy atom. The molecule has 0 spiro atoms. The Morgan fingerprint density at radius 1 is 1.42 bits per heavy atom. The van der Waals surface area contributed by atoms with Crippen molar-refractivity contribution in [3.63, 3.8) is 0 Å². The van der Waals surface area contributed by atoms with Crippen molar-refractivity contribution in [3.8, 4) is 0 Å². The van der Waals surface area contributed by atoms with Crippen LogP contribution in [0.2, 0.25) is 5.02 Å². The fourth-order valence-corrected chi connectivity index (χ4v) is 1.36. The van der Waals surface area contributed by atoms with Gasteiger partial charge in [-0.15, -0.1) is 0 Å². The third-order valence-electron chi connectivity index (χ3n) is 2.13. The van der Waals surface area contributed by atoms with E-state index in [0.717, 1.165) is 10.6 Å². The van der Waals surface area contributed by atoms with Gasteiger partial charge in [-0.1, -0.05) is 29.8 Å². The Kier molecular flexibility index (Phi) is 2.93. The van der Waals surface area contributed by atoms with Gasteiger partial charge < -0.3 is 0 Å². The highest BCUT2D eigenvalue weighted by molar-refractivity contribution is 6.31. The van der Waals surface area contributed by atoms with Crippen LogP contribution >= 0.6 is 11.6 Å². The van der Waals surface area contributed by atoms with Crippen molar-refractivity contribution in [2.45, 2.75) is 20.8 Å². The third kappa shape index (κ3) is 1.70. The Hall–Kier alpha value is -0.750. The van der Waals surface area contributed by atoms with E-state index in [1.807, 2.05) is 26.0 Å². The molecule has 0 saturated heterocycles. The van der Waals surface area contributed by atoms with Gasteiger partial charge in [0.05, 0.1) is 0 Å². The lowest BCUT2D eigenvalue weighted by Crippen LogP contribution is -1.85. The standard InChI is InChI=1S/C11H13Cl/c1-4-8(2)10-6-5-7-11(12)9(10)3/h4-7H,1-3H3/b8-4-. The molecule has 0 N–H and O–H groups in total. The molecule has 0 heterocycles. The minimum absolute atomic E-state index is 0.841. The molecule has 0 aromatic heterocycles. The van der Waals surface area contributed by atoms with Crippen LogP contribution in [0.15, 0.2) is 24.3 Å². The zero-order valence-corrected chi connectivity index (χ0v) is 8.44. The minimum Gasteiger partial charge on any atom is -0.0841 e. The molecule has 0 bridgehead atoms. The fourth-order valence-electron chi connectivity index (χ4n) is 1.19. The Bertz CT molecular complexity index is 311. The summed E-state index contributed by atoms with van der Waals surface area (Å²) in [6, 6.07) is 6.00. The first kappa shape index (κ1) is 9.34. The highest BCUT2D eigenvalue weighted by atomic mass is 35.5. The maximum absolute atomic E-state index is 5.99. The first-order chi connectivity index (χ1) is 5.66. The molecule has 0 fully saturated rings. The van der Waals surface area contributed by atoms with E-state index in [1.54, 1.807) is 0 Å². The average molecular weight is 181 g/mol. The van der Waals surface area contributed by atoms with Crippen LogP contribution in [-0.4, -0.2) is 0 Å². The number of rotatable bonds is 1. The molecule has 0 aliphatic rings. The molecule has 0 amide bonds. The van der Waals surface area contributed by atoms with Crippen molar-refractivity contribution in [3.05, 3.63) is 40.4 Å². The zero-order valence-electron chi connectivity index (χ0n) is 7.69. The van der Waals surface area contributed by atoms with Gasteiger partial charge in [-0.2, -0.15) is 0 Å². The van der Waals surface area contributed by atoms with E-state index in [2.05, 4.69) is 19.1 Å². The summed E-state index contributed by atoms with van der Waals surface area (Å²) in [5, 5.41) is 0.841. The molecule has 0 radical (unpaired) electrons. The Labute approximate surface area is 78.9 Å². The van der Waals surface area contributed by atoms with Crippen LogP contribution in [-0.2, 0) is 0 Å².